The molecule has 0 atom stereocenters. The molecular formula is C25H30ClN3O4. The average molecular weight is 472 g/mol. The highest BCUT2D eigenvalue weighted by atomic mass is 35.5. The molecule has 7 nitrogen and oxygen atoms in total. The molecule has 2 aromatic carbocycles. The predicted molar refractivity (Wildman–Crippen MR) is 127 cm³/mol. The van der Waals surface area contributed by atoms with Crippen molar-refractivity contribution >= 4 is 11.6 Å². The van der Waals surface area contributed by atoms with Crippen LogP contribution >= 0.6 is 11.6 Å². The van der Waals surface area contributed by atoms with Crippen LogP contribution in [0.3, 0.4) is 0 Å². The molecule has 8 heteroatoms. The van der Waals surface area contributed by atoms with Crippen molar-refractivity contribution in [1.82, 2.24) is 14.7 Å². The van der Waals surface area contributed by atoms with Crippen molar-refractivity contribution in [2.45, 2.75) is 31.5 Å². The topological polar surface area (TPSA) is 69.0 Å². The van der Waals surface area contributed by atoms with Gasteiger partial charge in [-0.25, -0.2) is 0 Å². The molecule has 0 amide bonds. The summed E-state index contributed by atoms with van der Waals surface area (Å²) >= 11 is 6.01. The molecule has 1 fully saturated rings. The summed E-state index contributed by atoms with van der Waals surface area (Å²) in [6.45, 7) is 3.82. The Morgan fingerprint density at radius 2 is 1.91 bits per heavy atom. The smallest absolute Gasteiger partial charge is 0.161 e. The predicted octanol–water partition coefficient (Wildman–Crippen LogP) is 4.03. The monoisotopic (exact) mass is 471 g/mol. The normalized spacial score (nSPS) is 15.8. The van der Waals surface area contributed by atoms with Gasteiger partial charge in [0.05, 0.1) is 13.7 Å². The van der Waals surface area contributed by atoms with Gasteiger partial charge in [0.25, 0.3) is 0 Å². The number of rotatable bonds is 10. The summed E-state index contributed by atoms with van der Waals surface area (Å²) in [4.78, 5) is 2.33. The molecule has 1 saturated heterocycles. The van der Waals surface area contributed by atoms with Crippen LogP contribution in [0.4, 0.5) is 0 Å². The molecule has 1 aliphatic rings. The first-order valence-corrected chi connectivity index (χ1v) is 11.5. The van der Waals surface area contributed by atoms with E-state index in [2.05, 4.69) is 16.1 Å². The number of piperidine rings is 1. The van der Waals surface area contributed by atoms with Crippen molar-refractivity contribution in [1.29, 1.82) is 0 Å². The second-order valence-corrected chi connectivity index (χ2v) is 8.79. The number of halogens is 1. The zero-order valence-corrected chi connectivity index (χ0v) is 19.6. The maximum Gasteiger partial charge on any atom is 0.161 e. The highest BCUT2D eigenvalue weighted by Gasteiger charge is 2.33. The Morgan fingerprint density at radius 3 is 2.64 bits per heavy atom. The SMILES string of the molecule is COc1cc(CN2CCC(O)(COc3cccc(Cl)c3)CC2)ccc1OCCn1cccn1. The Balaban J connectivity index is 1.26. The number of hydrogen-bond acceptors (Lipinski definition) is 6. The van der Waals surface area contributed by atoms with E-state index in [1.807, 2.05) is 41.2 Å². The fourth-order valence-electron chi connectivity index (χ4n) is 3.92. The van der Waals surface area contributed by atoms with Gasteiger partial charge >= 0.3 is 0 Å². The van der Waals surface area contributed by atoms with Gasteiger partial charge in [-0.2, -0.15) is 5.10 Å². The van der Waals surface area contributed by atoms with Crippen molar-refractivity contribution in [2.75, 3.05) is 33.4 Å². The van der Waals surface area contributed by atoms with Gasteiger partial charge in [0.1, 0.15) is 24.6 Å². The van der Waals surface area contributed by atoms with Gasteiger partial charge in [0, 0.05) is 37.1 Å². The highest BCUT2D eigenvalue weighted by molar-refractivity contribution is 6.30. The molecule has 0 aliphatic carbocycles. The van der Waals surface area contributed by atoms with E-state index in [0.29, 0.717) is 36.8 Å². The third-order valence-corrected chi connectivity index (χ3v) is 6.10. The van der Waals surface area contributed by atoms with E-state index in [4.69, 9.17) is 25.8 Å². The lowest BCUT2D eigenvalue weighted by molar-refractivity contribution is -0.0537. The summed E-state index contributed by atoms with van der Waals surface area (Å²) < 4.78 is 19.1. The van der Waals surface area contributed by atoms with Crippen LogP contribution in [0.1, 0.15) is 18.4 Å². The molecule has 0 unspecified atom stereocenters. The third-order valence-electron chi connectivity index (χ3n) is 5.86. The van der Waals surface area contributed by atoms with E-state index in [1.54, 1.807) is 25.4 Å². The number of aliphatic hydroxyl groups is 1. The second kappa shape index (κ2) is 10.9. The molecule has 0 saturated carbocycles. The molecule has 0 radical (unpaired) electrons. The number of methoxy groups -OCH3 is 1. The van der Waals surface area contributed by atoms with Crippen molar-refractivity contribution in [2.24, 2.45) is 0 Å². The zero-order chi connectivity index (χ0) is 23.1. The number of likely N-dealkylation sites (tertiary alicyclic amines) is 1. The molecule has 1 aliphatic heterocycles. The summed E-state index contributed by atoms with van der Waals surface area (Å²) in [6.07, 6.45) is 4.97. The van der Waals surface area contributed by atoms with Gasteiger partial charge in [-0.1, -0.05) is 23.7 Å². The molecule has 4 rings (SSSR count). The zero-order valence-electron chi connectivity index (χ0n) is 18.8. The molecular weight excluding hydrogens is 442 g/mol. The van der Waals surface area contributed by atoms with Gasteiger partial charge in [0.2, 0.25) is 0 Å². The lowest BCUT2D eigenvalue weighted by atomic mass is 9.92. The number of ether oxygens (including phenoxy) is 3. The lowest BCUT2D eigenvalue weighted by Crippen LogP contribution is -2.47. The minimum Gasteiger partial charge on any atom is -0.493 e. The van der Waals surface area contributed by atoms with Crippen molar-refractivity contribution in [3.63, 3.8) is 0 Å². The first-order chi connectivity index (χ1) is 16.0. The number of hydrogen-bond donors (Lipinski definition) is 1. The highest BCUT2D eigenvalue weighted by Crippen LogP contribution is 2.30. The maximum absolute atomic E-state index is 10.9. The molecule has 2 heterocycles. The van der Waals surface area contributed by atoms with Gasteiger partial charge in [-0.15, -0.1) is 0 Å². The van der Waals surface area contributed by atoms with Crippen LogP contribution in [0.15, 0.2) is 60.9 Å². The minimum absolute atomic E-state index is 0.263. The Morgan fingerprint density at radius 1 is 1.06 bits per heavy atom. The van der Waals surface area contributed by atoms with Gasteiger partial charge < -0.3 is 19.3 Å². The lowest BCUT2D eigenvalue weighted by Gasteiger charge is -2.38. The molecule has 33 heavy (non-hydrogen) atoms. The number of aromatic nitrogens is 2. The first kappa shape index (κ1) is 23.4. The largest absolute Gasteiger partial charge is 0.493 e. The fourth-order valence-corrected chi connectivity index (χ4v) is 4.10. The molecule has 176 valence electrons. The Labute approximate surface area is 199 Å². The molecule has 3 aromatic rings. The van der Waals surface area contributed by atoms with Crippen LogP contribution in [-0.2, 0) is 13.1 Å². The van der Waals surface area contributed by atoms with E-state index < -0.39 is 5.60 Å². The summed E-state index contributed by atoms with van der Waals surface area (Å²) in [6, 6.07) is 15.2. The third kappa shape index (κ3) is 6.63. The van der Waals surface area contributed by atoms with E-state index in [9.17, 15) is 5.11 Å². The van der Waals surface area contributed by atoms with Gasteiger partial charge in [-0.05, 0) is 54.8 Å². The first-order valence-electron chi connectivity index (χ1n) is 11.1. The standard InChI is InChI=1S/C25H30ClN3O4/c1-31-24-16-20(6-7-23(24)32-15-14-29-11-3-10-27-29)18-28-12-8-25(30,9-13-28)19-33-22-5-2-4-21(26)17-22/h2-7,10-11,16-17,30H,8-9,12-15,18-19H2,1H3. The van der Waals surface area contributed by atoms with Crippen molar-refractivity contribution in [3.05, 3.63) is 71.5 Å². The molecule has 0 bridgehead atoms. The van der Waals surface area contributed by atoms with Crippen LogP contribution in [0.2, 0.25) is 5.02 Å². The fraction of sp³-hybridized carbons (Fsp3) is 0.400. The molecule has 0 spiro atoms. The van der Waals surface area contributed by atoms with Crippen molar-refractivity contribution < 1.29 is 19.3 Å². The van der Waals surface area contributed by atoms with Gasteiger partial charge in [-0.3, -0.25) is 9.58 Å². The Kier molecular flexibility index (Phi) is 7.75. The summed E-state index contributed by atoms with van der Waals surface area (Å²) in [5.74, 6) is 2.12. The maximum atomic E-state index is 10.9. The van der Waals surface area contributed by atoms with Crippen LogP contribution in [0.5, 0.6) is 17.2 Å². The minimum atomic E-state index is -0.831. The Bertz CT molecular complexity index is 1020. The summed E-state index contributed by atoms with van der Waals surface area (Å²) in [7, 11) is 1.65. The molecule has 1 aromatic heterocycles. The quantitative estimate of drug-likeness (QED) is 0.481. The van der Waals surface area contributed by atoms with Crippen LogP contribution in [0.25, 0.3) is 0 Å². The Hall–Kier alpha value is -2.74. The van der Waals surface area contributed by atoms with Crippen LogP contribution in [0, 0.1) is 0 Å². The second-order valence-electron chi connectivity index (χ2n) is 8.35. The number of nitrogens with zero attached hydrogens (tertiary/aromatic N) is 3. The van der Waals surface area contributed by atoms with E-state index in [1.165, 1.54) is 0 Å². The molecule has 1 N–H and O–H groups in total. The summed E-state index contributed by atoms with van der Waals surface area (Å²) in [5, 5.41) is 15.7. The van der Waals surface area contributed by atoms with E-state index in [-0.39, 0.29) is 6.61 Å². The van der Waals surface area contributed by atoms with Gasteiger partial charge in [0.15, 0.2) is 11.5 Å². The summed E-state index contributed by atoms with van der Waals surface area (Å²) in [5.41, 5.74) is 0.315. The van der Waals surface area contributed by atoms with E-state index >= 15 is 0 Å². The van der Waals surface area contributed by atoms with E-state index in [0.717, 1.165) is 36.7 Å². The van der Waals surface area contributed by atoms with Crippen LogP contribution in [-0.4, -0.2) is 58.8 Å². The number of benzene rings is 2. The van der Waals surface area contributed by atoms with Crippen LogP contribution < -0.4 is 14.2 Å². The van der Waals surface area contributed by atoms with Crippen molar-refractivity contribution in [3.8, 4) is 17.2 Å². The average Bonchev–Trinajstić information content (AvgIpc) is 3.34.